The number of rotatable bonds is 1. The van der Waals surface area contributed by atoms with Crippen molar-refractivity contribution < 1.29 is 1.43 Å². The first-order valence-corrected chi connectivity index (χ1v) is 1.71. The van der Waals surface area contributed by atoms with Crippen LogP contribution in [0.2, 0.25) is 0 Å². The van der Waals surface area contributed by atoms with Crippen LogP contribution >= 0.6 is 0 Å². The zero-order chi connectivity index (χ0) is 3.41. The van der Waals surface area contributed by atoms with Gasteiger partial charge in [0, 0.05) is 0 Å². The molecule has 0 nitrogen and oxygen atoms in total. The molecule has 0 saturated carbocycles. The minimum atomic E-state index is 0. The molecular weight excluding hydrogens is 48.0 g/mol. The molecule has 0 N–H and O–H groups in total. The maximum atomic E-state index is 3.60. The predicted octanol–water partition coefficient (Wildman–Crippen LogP) is 1.73. The van der Waals surface area contributed by atoms with Gasteiger partial charge in [0.15, 0.2) is 0 Å². The molecule has 0 aromatic heterocycles. The second-order valence-electron chi connectivity index (χ2n) is 0.854. The van der Waals surface area contributed by atoms with Gasteiger partial charge in [-0.3, -0.25) is 0 Å². The van der Waals surface area contributed by atoms with Crippen LogP contribution in [0.4, 0.5) is 0 Å². The van der Waals surface area contributed by atoms with Gasteiger partial charge in [0.05, 0.1) is 0 Å². The largest absolute Gasteiger partial charge is 1.00 e. The summed E-state index contributed by atoms with van der Waals surface area (Å²) in [6.45, 7) is 5.72. The van der Waals surface area contributed by atoms with Gasteiger partial charge in [-0.2, -0.15) is 0 Å². The first-order chi connectivity index (χ1) is 1.91. The Bertz CT molecular complexity index is 5.61. The molecule has 0 spiro atoms. The van der Waals surface area contributed by atoms with Crippen molar-refractivity contribution in [2.75, 3.05) is 0 Å². The van der Waals surface area contributed by atoms with E-state index in [1.54, 1.807) is 0 Å². The summed E-state index contributed by atoms with van der Waals surface area (Å²) in [5.74, 6) is 0. The smallest absolute Gasteiger partial charge is 0.0654 e. The number of hydrogen-bond donors (Lipinski definition) is 0. The summed E-state index contributed by atoms with van der Waals surface area (Å²) in [6.07, 6.45) is 2.28. The van der Waals surface area contributed by atoms with Crippen molar-refractivity contribution in [3.05, 3.63) is 6.92 Å². The molecule has 0 bridgehead atoms. The lowest BCUT2D eigenvalue weighted by atomic mass is 10.4. The molecule has 25 valence electrons. The highest BCUT2D eigenvalue weighted by molar-refractivity contribution is 4.29. The van der Waals surface area contributed by atoms with Gasteiger partial charge in [-0.1, -0.05) is 26.7 Å². The minimum absolute atomic E-state index is 0. The Morgan fingerprint density at radius 3 is 2.25 bits per heavy atom. The molecule has 0 rings (SSSR count). The van der Waals surface area contributed by atoms with Crippen molar-refractivity contribution in [1.29, 1.82) is 0 Å². The van der Waals surface area contributed by atoms with Crippen molar-refractivity contribution >= 4 is 0 Å². The van der Waals surface area contributed by atoms with Gasteiger partial charge in [0.25, 0.3) is 0 Å². The molecule has 0 unspecified atom stereocenters. The first-order valence-electron chi connectivity index (χ1n) is 1.71. The fourth-order valence-electron chi connectivity index (χ4n) is 0. The highest BCUT2D eigenvalue weighted by atomic mass is 13.6. The van der Waals surface area contributed by atoms with Crippen LogP contribution in [-0.4, -0.2) is 0 Å². The number of hydrogen-bond acceptors (Lipinski definition) is 0. The fourth-order valence-corrected chi connectivity index (χ4v) is 0. The lowest BCUT2D eigenvalue weighted by Gasteiger charge is -1.67. The zero-order valence-electron chi connectivity index (χ0n) is 4.12. The maximum Gasteiger partial charge on any atom is 1.00 e. The van der Waals surface area contributed by atoms with Crippen LogP contribution in [0.3, 0.4) is 0 Å². The molecule has 0 aromatic rings. The van der Waals surface area contributed by atoms with Gasteiger partial charge in [-0.15, -0.1) is 0 Å². The van der Waals surface area contributed by atoms with E-state index in [0.717, 1.165) is 6.42 Å². The summed E-state index contributed by atoms with van der Waals surface area (Å²) in [6, 6.07) is 0. The third-order valence-electron chi connectivity index (χ3n) is 0.354. The van der Waals surface area contributed by atoms with Crippen LogP contribution in [0.5, 0.6) is 0 Å². The second-order valence-corrected chi connectivity index (χ2v) is 0.854. The Morgan fingerprint density at radius 2 is 2.25 bits per heavy atom. The zero-order valence-corrected chi connectivity index (χ0v) is 3.12. The molecule has 0 aliphatic carbocycles. The Labute approximate surface area is 29.3 Å². The van der Waals surface area contributed by atoms with Crippen molar-refractivity contribution in [2.24, 2.45) is 0 Å². The molecular formula is C4H10+. The average molecular weight is 58.1 g/mol. The molecule has 0 fully saturated rings. The lowest BCUT2D eigenvalue weighted by Crippen LogP contribution is -1.48. The Balaban J connectivity index is 0. The van der Waals surface area contributed by atoms with E-state index in [9.17, 15) is 0 Å². The standard InChI is InChI=1S/C4H9/c1-3-4-2/h1,3-4H2,2H3/p+1. The van der Waals surface area contributed by atoms with E-state index in [0.29, 0.717) is 0 Å². The SMILES string of the molecule is [CH2]CCC.[H+]. The van der Waals surface area contributed by atoms with Crippen molar-refractivity contribution in [3.63, 3.8) is 0 Å². The molecule has 0 heterocycles. The van der Waals surface area contributed by atoms with Crippen LogP contribution in [0.25, 0.3) is 0 Å². The maximum absolute atomic E-state index is 3.60. The molecule has 0 heteroatoms. The van der Waals surface area contributed by atoms with Crippen LogP contribution in [0, 0.1) is 6.92 Å². The average Bonchev–Trinajstić information content (AvgIpc) is 1.37. The van der Waals surface area contributed by atoms with E-state index >= 15 is 0 Å². The van der Waals surface area contributed by atoms with Gasteiger partial charge in [0.1, 0.15) is 0 Å². The van der Waals surface area contributed by atoms with Crippen LogP contribution in [0.15, 0.2) is 0 Å². The van der Waals surface area contributed by atoms with Gasteiger partial charge in [-0.25, -0.2) is 0 Å². The third-order valence-corrected chi connectivity index (χ3v) is 0.354. The third kappa shape index (κ3) is 2.00. The van der Waals surface area contributed by atoms with E-state index in [1.807, 2.05) is 0 Å². The summed E-state index contributed by atoms with van der Waals surface area (Å²) in [5, 5.41) is 0. The predicted molar refractivity (Wildman–Crippen MR) is 21.4 cm³/mol. The molecule has 0 amide bonds. The lowest BCUT2D eigenvalue weighted by molar-refractivity contribution is 0.956. The van der Waals surface area contributed by atoms with Crippen molar-refractivity contribution in [2.45, 2.75) is 19.8 Å². The Hall–Kier alpha value is 0. The summed E-state index contributed by atoms with van der Waals surface area (Å²) >= 11 is 0. The molecule has 0 aromatic carbocycles. The van der Waals surface area contributed by atoms with Crippen LogP contribution < -0.4 is 0 Å². The number of unbranched alkanes of at least 4 members (excludes halogenated alkanes) is 1. The van der Waals surface area contributed by atoms with Gasteiger partial charge >= 0.3 is 1.43 Å². The first kappa shape index (κ1) is 4.00. The van der Waals surface area contributed by atoms with Gasteiger partial charge in [-0.05, 0) is 0 Å². The molecule has 0 aliphatic heterocycles. The minimum Gasteiger partial charge on any atom is -0.0654 e. The summed E-state index contributed by atoms with van der Waals surface area (Å²) < 4.78 is 0. The highest BCUT2D eigenvalue weighted by Crippen LogP contribution is 1.75. The van der Waals surface area contributed by atoms with Crippen molar-refractivity contribution in [3.8, 4) is 0 Å². The Kier molecular flexibility index (Phi) is 3.00. The van der Waals surface area contributed by atoms with E-state index < -0.39 is 0 Å². The van der Waals surface area contributed by atoms with Crippen LogP contribution in [-0.2, 0) is 0 Å². The van der Waals surface area contributed by atoms with Gasteiger partial charge < -0.3 is 0 Å². The molecule has 0 saturated heterocycles. The normalized spacial score (nSPS) is 7.50. The fraction of sp³-hybridized carbons (Fsp3) is 0.750. The van der Waals surface area contributed by atoms with Crippen molar-refractivity contribution in [1.82, 2.24) is 0 Å². The summed E-state index contributed by atoms with van der Waals surface area (Å²) in [7, 11) is 0. The molecule has 1 radical (unpaired) electrons. The van der Waals surface area contributed by atoms with E-state index in [1.165, 1.54) is 6.42 Å². The summed E-state index contributed by atoms with van der Waals surface area (Å²) in [5.41, 5.74) is 0. The van der Waals surface area contributed by atoms with E-state index in [4.69, 9.17) is 0 Å². The highest BCUT2D eigenvalue weighted by Gasteiger charge is 1.56. The topological polar surface area (TPSA) is 0 Å². The Morgan fingerprint density at radius 1 is 2.00 bits per heavy atom. The molecule has 0 atom stereocenters. The quantitative estimate of drug-likeness (QED) is 0.430. The summed E-state index contributed by atoms with van der Waals surface area (Å²) in [4.78, 5) is 0. The monoisotopic (exact) mass is 58.1 g/mol. The second kappa shape index (κ2) is 3.00. The molecule has 0 aliphatic rings. The van der Waals surface area contributed by atoms with Gasteiger partial charge in [0.2, 0.25) is 0 Å². The van der Waals surface area contributed by atoms with E-state index in [2.05, 4.69) is 13.8 Å². The van der Waals surface area contributed by atoms with Crippen LogP contribution in [0.1, 0.15) is 21.2 Å². The molecule has 4 heavy (non-hydrogen) atoms. The van der Waals surface area contributed by atoms with E-state index in [-0.39, 0.29) is 1.43 Å².